The van der Waals surface area contributed by atoms with E-state index in [0.717, 1.165) is 29.8 Å². The minimum atomic E-state index is -0.593. The number of benzene rings is 1. The summed E-state index contributed by atoms with van der Waals surface area (Å²) in [7, 11) is 0. The topological polar surface area (TPSA) is 145 Å². The van der Waals surface area contributed by atoms with Gasteiger partial charge in [0.05, 0.1) is 55.8 Å². The van der Waals surface area contributed by atoms with Crippen LogP contribution in [0, 0.1) is 6.92 Å². The number of anilines is 2. The van der Waals surface area contributed by atoms with Crippen molar-refractivity contribution in [1.29, 1.82) is 0 Å². The number of nitrogens with zero attached hydrogens (tertiary/aromatic N) is 2. The van der Waals surface area contributed by atoms with E-state index in [1.54, 1.807) is 29.2 Å². The lowest BCUT2D eigenvalue weighted by atomic mass is 9.99. The third-order valence-corrected chi connectivity index (χ3v) is 6.95. The van der Waals surface area contributed by atoms with Gasteiger partial charge in [0.2, 0.25) is 5.91 Å². The van der Waals surface area contributed by atoms with Crippen molar-refractivity contribution in [2.75, 3.05) is 50.2 Å². The van der Waals surface area contributed by atoms with Crippen LogP contribution in [-0.2, 0) is 19.0 Å². The van der Waals surface area contributed by atoms with Crippen molar-refractivity contribution in [2.24, 2.45) is 5.73 Å². The third-order valence-electron chi connectivity index (χ3n) is 6.05. The van der Waals surface area contributed by atoms with Gasteiger partial charge in [-0.05, 0) is 59.1 Å². The molecule has 0 aliphatic carbocycles. The summed E-state index contributed by atoms with van der Waals surface area (Å²) >= 11 is 1.36. The standard InChI is InChI=1S/C28H41N5O6S/c1-19-24(22-11-7-8-14-33(22)27(36)39-28(2,3)4)31-26(40-19)32-25(35)20-9-5-6-10-21(20)30-23(34)12-15-37-17-18-38-16-13-29/h5-6,9-10,22H,7-8,11-18,29H2,1-4H3,(H,30,34)(H,31,32,35). The largest absolute Gasteiger partial charge is 0.444 e. The van der Waals surface area contributed by atoms with Crippen LogP contribution in [0.25, 0.3) is 0 Å². The minimum Gasteiger partial charge on any atom is -0.444 e. The van der Waals surface area contributed by atoms with E-state index >= 15 is 0 Å². The molecule has 1 aromatic carbocycles. The summed E-state index contributed by atoms with van der Waals surface area (Å²) in [5.74, 6) is -0.660. The van der Waals surface area contributed by atoms with Crippen molar-refractivity contribution < 1.29 is 28.6 Å². The molecule has 1 aliphatic rings. The Morgan fingerprint density at radius 3 is 2.52 bits per heavy atom. The zero-order valence-corrected chi connectivity index (χ0v) is 24.6. The zero-order valence-electron chi connectivity index (χ0n) is 23.8. The Hall–Kier alpha value is -3.06. The number of amides is 3. The first-order valence-electron chi connectivity index (χ1n) is 13.6. The first-order chi connectivity index (χ1) is 19.1. The predicted molar refractivity (Wildman–Crippen MR) is 155 cm³/mol. The van der Waals surface area contributed by atoms with Crippen LogP contribution in [0.2, 0.25) is 0 Å². The number of aryl methyl sites for hydroxylation is 1. The molecule has 0 spiro atoms. The van der Waals surface area contributed by atoms with Gasteiger partial charge in [-0.1, -0.05) is 12.1 Å². The van der Waals surface area contributed by atoms with Gasteiger partial charge < -0.3 is 25.3 Å². The maximum absolute atomic E-state index is 13.2. The van der Waals surface area contributed by atoms with Gasteiger partial charge in [-0.15, -0.1) is 11.3 Å². The van der Waals surface area contributed by atoms with Gasteiger partial charge in [0.15, 0.2) is 5.13 Å². The van der Waals surface area contributed by atoms with E-state index in [9.17, 15) is 14.4 Å². The van der Waals surface area contributed by atoms with Crippen molar-refractivity contribution >= 4 is 40.1 Å². The number of hydrogen-bond donors (Lipinski definition) is 3. The van der Waals surface area contributed by atoms with Crippen LogP contribution in [0.1, 0.15) is 73.4 Å². The van der Waals surface area contributed by atoms with E-state index in [4.69, 9.17) is 24.9 Å². The third kappa shape index (κ3) is 9.54. The number of nitrogens with one attached hydrogen (secondary N) is 2. The van der Waals surface area contributed by atoms with Gasteiger partial charge in [0, 0.05) is 18.0 Å². The highest BCUT2D eigenvalue weighted by atomic mass is 32.1. The fourth-order valence-electron chi connectivity index (χ4n) is 4.26. The summed E-state index contributed by atoms with van der Waals surface area (Å²) in [6, 6.07) is 6.58. The number of aromatic nitrogens is 1. The van der Waals surface area contributed by atoms with Crippen molar-refractivity contribution in [3.05, 3.63) is 40.4 Å². The lowest BCUT2D eigenvalue weighted by Crippen LogP contribution is -2.42. The average Bonchev–Trinajstić information content (AvgIpc) is 3.26. The highest BCUT2D eigenvalue weighted by Crippen LogP contribution is 2.37. The number of para-hydroxylation sites is 1. The molecule has 11 nitrogen and oxygen atoms in total. The number of nitrogens with two attached hydrogens (primary N) is 1. The Kier molecular flexibility index (Phi) is 11.9. The fourth-order valence-corrected chi connectivity index (χ4v) is 5.13. The number of carbonyl (C=O) groups is 3. The van der Waals surface area contributed by atoms with Crippen molar-refractivity contribution in [3.8, 4) is 0 Å². The minimum absolute atomic E-state index is 0.136. The van der Waals surface area contributed by atoms with E-state index in [2.05, 4.69) is 10.6 Å². The highest BCUT2D eigenvalue weighted by Gasteiger charge is 2.34. The summed E-state index contributed by atoms with van der Waals surface area (Å²) in [5.41, 5.74) is 6.24. The Bertz CT molecular complexity index is 1150. The molecule has 0 radical (unpaired) electrons. The molecule has 1 atom stereocenters. The smallest absolute Gasteiger partial charge is 0.410 e. The lowest BCUT2D eigenvalue weighted by Gasteiger charge is -2.36. The highest BCUT2D eigenvalue weighted by molar-refractivity contribution is 7.15. The van der Waals surface area contributed by atoms with Crippen LogP contribution in [0.4, 0.5) is 15.6 Å². The molecule has 12 heteroatoms. The first kappa shape index (κ1) is 31.5. The summed E-state index contributed by atoms with van der Waals surface area (Å²) in [6.45, 7) is 10.0. The van der Waals surface area contributed by atoms with Crippen LogP contribution >= 0.6 is 11.3 Å². The van der Waals surface area contributed by atoms with Crippen LogP contribution in [0.15, 0.2) is 24.3 Å². The van der Waals surface area contributed by atoms with Gasteiger partial charge in [-0.2, -0.15) is 0 Å². The van der Waals surface area contributed by atoms with Gasteiger partial charge in [0.25, 0.3) is 5.91 Å². The number of hydrogen-bond acceptors (Lipinski definition) is 9. The number of thiazole rings is 1. The molecule has 1 unspecified atom stereocenters. The van der Waals surface area contributed by atoms with E-state index in [1.807, 2.05) is 27.7 Å². The molecule has 40 heavy (non-hydrogen) atoms. The second kappa shape index (κ2) is 15.1. The Morgan fingerprint density at radius 2 is 1.80 bits per heavy atom. The molecule has 1 fully saturated rings. The maximum Gasteiger partial charge on any atom is 0.410 e. The Balaban J connectivity index is 1.62. The predicted octanol–water partition coefficient (Wildman–Crippen LogP) is 4.49. The average molecular weight is 576 g/mol. The van der Waals surface area contributed by atoms with E-state index in [1.165, 1.54) is 11.3 Å². The van der Waals surface area contributed by atoms with Gasteiger partial charge >= 0.3 is 6.09 Å². The Morgan fingerprint density at radius 1 is 1.07 bits per heavy atom. The molecular weight excluding hydrogens is 534 g/mol. The molecule has 4 N–H and O–H groups in total. The Labute approximate surface area is 239 Å². The molecule has 1 aliphatic heterocycles. The molecule has 3 amide bonds. The molecule has 0 bridgehead atoms. The number of likely N-dealkylation sites (tertiary alicyclic amines) is 1. The normalized spacial score (nSPS) is 15.5. The van der Waals surface area contributed by atoms with Crippen molar-refractivity contribution in [1.82, 2.24) is 9.88 Å². The van der Waals surface area contributed by atoms with Crippen LogP contribution in [-0.4, -0.2) is 72.9 Å². The molecular formula is C28H41N5O6S. The van der Waals surface area contributed by atoms with Crippen LogP contribution in [0.5, 0.6) is 0 Å². The fraction of sp³-hybridized carbons (Fsp3) is 0.571. The zero-order chi connectivity index (χ0) is 29.1. The van der Waals surface area contributed by atoms with Gasteiger partial charge in [0.1, 0.15) is 5.60 Å². The molecule has 1 saturated heterocycles. The quantitative estimate of drug-likeness (QED) is 0.314. The molecule has 2 heterocycles. The number of rotatable bonds is 12. The number of ether oxygens (including phenoxy) is 3. The molecule has 0 saturated carbocycles. The lowest BCUT2D eigenvalue weighted by molar-refractivity contribution is -0.117. The molecule has 1 aromatic heterocycles. The molecule has 220 valence electrons. The molecule has 2 aromatic rings. The van der Waals surface area contributed by atoms with Crippen LogP contribution in [0.3, 0.4) is 0 Å². The van der Waals surface area contributed by atoms with Gasteiger partial charge in [-0.25, -0.2) is 9.78 Å². The SMILES string of the molecule is Cc1sc(NC(=O)c2ccccc2NC(=O)CCOCCOCCN)nc1C1CCCCN1C(=O)OC(C)(C)C. The van der Waals surface area contributed by atoms with E-state index < -0.39 is 11.5 Å². The summed E-state index contributed by atoms with van der Waals surface area (Å²) in [4.78, 5) is 45.9. The van der Waals surface area contributed by atoms with Crippen molar-refractivity contribution in [3.63, 3.8) is 0 Å². The number of piperidine rings is 1. The van der Waals surface area contributed by atoms with E-state index in [-0.39, 0.29) is 31.1 Å². The summed E-state index contributed by atoms with van der Waals surface area (Å²) in [6.07, 6.45) is 2.43. The molecule has 3 rings (SSSR count). The summed E-state index contributed by atoms with van der Waals surface area (Å²) < 4.78 is 16.3. The van der Waals surface area contributed by atoms with Crippen LogP contribution < -0.4 is 16.4 Å². The second-order valence-corrected chi connectivity index (χ2v) is 11.7. The van der Waals surface area contributed by atoms with Gasteiger partial charge in [-0.3, -0.25) is 19.8 Å². The summed E-state index contributed by atoms with van der Waals surface area (Å²) in [5, 5.41) is 6.09. The van der Waals surface area contributed by atoms with E-state index in [0.29, 0.717) is 49.3 Å². The first-order valence-corrected chi connectivity index (χ1v) is 14.4. The maximum atomic E-state index is 13.2. The number of carbonyl (C=O) groups excluding carboxylic acids is 3. The monoisotopic (exact) mass is 575 g/mol. The van der Waals surface area contributed by atoms with Crippen molar-refractivity contribution in [2.45, 2.75) is 65.0 Å². The second-order valence-electron chi connectivity index (χ2n) is 10.5.